The number of aryl methyl sites for hydroxylation is 1. The van der Waals surface area contributed by atoms with Gasteiger partial charge in [-0.2, -0.15) is 0 Å². The summed E-state index contributed by atoms with van der Waals surface area (Å²) in [6.07, 6.45) is 1.04. The first-order chi connectivity index (χ1) is 9.49. The van der Waals surface area contributed by atoms with E-state index >= 15 is 0 Å². The number of hydrogen-bond acceptors (Lipinski definition) is 2. The first-order valence-corrected chi connectivity index (χ1v) is 6.93. The molecule has 1 unspecified atom stereocenters. The third-order valence-electron chi connectivity index (χ3n) is 3.57. The molecule has 1 aromatic heterocycles. The van der Waals surface area contributed by atoms with Gasteiger partial charge in [0, 0.05) is 11.8 Å². The Bertz CT molecular complexity index is 626. The Labute approximate surface area is 119 Å². The molecule has 20 heavy (non-hydrogen) atoms. The number of nitrogens with zero attached hydrogens (tertiary/aromatic N) is 1. The average Bonchev–Trinajstić information content (AvgIpc) is 2.44. The predicted molar refractivity (Wildman–Crippen MR) is 80.9 cm³/mol. The van der Waals surface area contributed by atoms with Crippen molar-refractivity contribution in [3.63, 3.8) is 0 Å². The molecule has 0 saturated heterocycles. The van der Waals surface area contributed by atoms with Crippen LogP contribution in [0.25, 0.3) is 0 Å². The first-order valence-electron chi connectivity index (χ1n) is 6.93. The zero-order valence-electron chi connectivity index (χ0n) is 12.2. The number of aliphatic hydroxyl groups excluding tert-OH is 1. The first kappa shape index (κ1) is 14.5. The summed E-state index contributed by atoms with van der Waals surface area (Å²) in [4.78, 5) is 11.9. The van der Waals surface area contributed by atoms with Gasteiger partial charge in [-0.25, -0.2) is 0 Å². The van der Waals surface area contributed by atoms with Crippen LogP contribution >= 0.6 is 0 Å². The molecule has 2 aromatic rings. The summed E-state index contributed by atoms with van der Waals surface area (Å²) >= 11 is 0. The van der Waals surface area contributed by atoms with Crippen LogP contribution in [0.2, 0.25) is 0 Å². The lowest BCUT2D eigenvalue weighted by molar-refractivity contribution is 0.155. The van der Waals surface area contributed by atoms with Crippen molar-refractivity contribution in [1.82, 2.24) is 4.57 Å². The molecule has 0 radical (unpaired) electrons. The molecule has 1 atom stereocenters. The van der Waals surface area contributed by atoms with Crippen molar-refractivity contribution in [3.8, 4) is 0 Å². The standard InChI is InChI=1S/C17H21NO2/c1-12(2)14-6-8-15(9-7-14)16(19)11-18-10-4-5-13(3)17(18)20/h4-10,12,16,19H,11H2,1-3H3. The molecule has 3 heteroatoms. The molecule has 0 saturated carbocycles. The average molecular weight is 271 g/mol. The van der Waals surface area contributed by atoms with Crippen molar-refractivity contribution >= 4 is 0 Å². The zero-order chi connectivity index (χ0) is 14.7. The number of pyridine rings is 1. The largest absolute Gasteiger partial charge is 0.387 e. The molecule has 1 N–H and O–H groups in total. The van der Waals surface area contributed by atoms with E-state index in [0.717, 1.165) is 5.56 Å². The summed E-state index contributed by atoms with van der Waals surface area (Å²) in [6, 6.07) is 11.5. The van der Waals surface area contributed by atoms with E-state index in [9.17, 15) is 9.90 Å². The lowest BCUT2D eigenvalue weighted by atomic mass is 10.00. The van der Waals surface area contributed by atoms with E-state index in [1.807, 2.05) is 30.3 Å². The second-order valence-corrected chi connectivity index (χ2v) is 5.49. The Morgan fingerprint density at radius 3 is 2.30 bits per heavy atom. The van der Waals surface area contributed by atoms with Gasteiger partial charge in [0.2, 0.25) is 0 Å². The number of rotatable bonds is 4. The van der Waals surface area contributed by atoms with Gasteiger partial charge < -0.3 is 9.67 Å². The topological polar surface area (TPSA) is 42.2 Å². The molecular formula is C17H21NO2. The molecule has 0 amide bonds. The van der Waals surface area contributed by atoms with E-state index in [4.69, 9.17) is 0 Å². The zero-order valence-corrected chi connectivity index (χ0v) is 12.2. The third-order valence-corrected chi connectivity index (χ3v) is 3.57. The Morgan fingerprint density at radius 2 is 1.70 bits per heavy atom. The molecule has 1 aromatic carbocycles. The van der Waals surface area contributed by atoms with Crippen LogP contribution in [0.3, 0.4) is 0 Å². The van der Waals surface area contributed by atoms with Gasteiger partial charge in [0.15, 0.2) is 0 Å². The minimum absolute atomic E-state index is 0.0506. The molecule has 0 bridgehead atoms. The van der Waals surface area contributed by atoms with Gasteiger partial charge in [-0.15, -0.1) is 0 Å². The van der Waals surface area contributed by atoms with Gasteiger partial charge in [0.05, 0.1) is 12.6 Å². The molecule has 3 nitrogen and oxygen atoms in total. The van der Waals surface area contributed by atoms with E-state index in [2.05, 4.69) is 13.8 Å². The summed E-state index contributed by atoms with van der Waals surface area (Å²) in [6.45, 7) is 6.33. The normalized spacial score (nSPS) is 12.7. The highest BCUT2D eigenvalue weighted by atomic mass is 16.3. The van der Waals surface area contributed by atoms with E-state index in [1.165, 1.54) is 5.56 Å². The van der Waals surface area contributed by atoms with Gasteiger partial charge in [-0.05, 0) is 30.0 Å². The summed E-state index contributed by atoms with van der Waals surface area (Å²) < 4.78 is 1.55. The van der Waals surface area contributed by atoms with Gasteiger partial charge in [0.1, 0.15) is 0 Å². The fourth-order valence-electron chi connectivity index (χ4n) is 2.20. The second-order valence-electron chi connectivity index (χ2n) is 5.49. The minimum Gasteiger partial charge on any atom is -0.387 e. The molecule has 0 aliphatic heterocycles. The highest BCUT2D eigenvalue weighted by Gasteiger charge is 2.10. The quantitative estimate of drug-likeness (QED) is 0.928. The van der Waals surface area contributed by atoms with Crippen molar-refractivity contribution in [1.29, 1.82) is 0 Å². The minimum atomic E-state index is -0.671. The second kappa shape index (κ2) is 6.06. The SMILES string of the molecule is Cc1cccn(CC(O)c2ccc(C(C)C)cc2)c1=O. The van der Waals surface area contributed by atoms with E-state index in [0.29, 0.717) is 11.5 Å². The Hall–Kier alpha value is -1.87. The van der Waals surface area contributed by atoms with Crippen LogP contribution in [0.15, 0.2) is 47.4 Å². The number of aromatic nitrogens is 1. The number of hydrogen-bond donors (Lipinski definition) is 1. The fourth-order valence-corrected chi connectivity index (χ4v) is 2.20. The van der Waals surface area contributed by atoms with Gasteiger partial charge >= 0.3 is 0 Å². The maximum atomic E-state index is 11.9. The Kier molecular flexibility index (Phi) is 4.40. The molecule has 0 aliphatic rings. The molecule has 2 rings (SSSR count). The lowest BCUT2D eigenvalue weighted by Crippen LogP contribution is -2.24. The van der Waals surface area contributed by atoms with Crippen LogP contribution in [0.5, 0.6) is 0 Å². The Morgan fingerprint density at radius 1 is 1.10 bits per heavy atom. The van der Waals surface area contributed by atoms with Crippen LogP contribution in [-0.4, -0.2) is 9.67 Å². The van der Waals surface area contributed by atoms with Gasteiger partial charge in [0.25, 0.3) is 5.56 Å². The number of benzene rings is 1. The van der Waals surface area contributed by atoms with Crippen molar-refractivity contribution in [2.45, 2.75) is 39.3 Å². The van der Waals surface area contributed by atoms with Crippen LogP contribution in [0, 0.1) is 6.92 Å². The summed E-state index contributed by atoms with van der Waals surface area (Å²) in [7, 11) is 0. The van der Waals surface area contributed by atoms with Crippen LogP contribution in [0.1, 0.15) is 42.6 Å². The van der Waals surface area contributed by atoms with Crippen molar-refractivity contribution in [2.24, 2.45) is 0 Å². The van der Waals surface area contributed by atoms with Crippen LogP contribution in [0.4, 0.5) is 0 Å². The van der Waals surface area contributed by atoms with Crippen molar-refractivity contribution < 1.29 is 5.11 Å². The van der Waals surface area contributed by atoms with Crippen molar-refractivity contribution in [3.05, 3.63) is 69.6 Å². The molecule has 0 fully saturated rings. The summed E-state index contributed by atoms with van der Waals surface area (Å²) in [5.74, 6) is 0.473. The molecule has 1 heterocycles. The highest BCUT2D eigenvalue weighted by molar-refractivity contribution is 5.26. The smallest absolute Gasteiger partial charge is 0.253 e. The predicted octanol–water partition coefficient (Wildman–Crippen LogP) is 3.01. The number of aliphatic hydroxyl groups is 1. The van der Waals surface area contributed by atoms with E-state index < -0.39 is 6.10 Å². The summed E-state index contributed by atoms with van der Waals surface area (Å²) in [5, 5.41) is 10.3. The van der Waals surface area contributed by atoms with Gasteiger partial charge in [-0.3, -0.25) is 4.79 Å². The van der Waals surface area contributed by atoms with Crippen molar-refractivity contribution in [2.75, 3.05) is 0 Å². The van der Waals surface area contributed by atoms with E-state index in [-0.39, 0.29) is 12.1 Å². The highest BCUT2D eigenvalue weighted by Crippen LogP contribution is 2.19. The molecular weight excluding hydrogens is 250 g/mol. The molecule has 0 spiro atoms. The maximum absolute atomic E-state index is 11.9. The Balaban J connectivity index is 2.17. The molecule has 0 aliphatic carbocycles. The molecule has 106 valence electrons. The summed E-state index contributed by atoms with van der Waals surface area (Å²) in [5.41, 5.74) is 2.72. The lowest BCUT2D eigenvalue weighted by Gasteiger charge is -2.14. The van der Waals surface area contributed by atoms with Gasteiger partial charge in [-0.1, -0.05) is 44.2 Å². The fraction of sp³-hybridized carbons (Fsp3) is 0.353. The van der Waals surface area contributed by atoms with Crippen LogP contribution in [-0.2, 0) is 6.54 Å². The maximum Gasteiger partial charge on any atom is 0.253 e. The third kappa shape index (κ3) is 3.17. The van der Waals surface area contributed by atoms with Crippen LogP contribution < -0.4 is 5.56 Å². The monoisotopic (exact) mass is 271 g/mol. The van der Waals surface area contributed by atoms with E-state index in [1.54, 1.807) is 23.8 Å².